The van der Waals surface area contributed by atoms with Crippen LogP contribution >= 0.6 is 15.9 Å². The first-order chi connectivity index (χ1) is 11.4. The zero-order chi connectivity index (χ0) is 17.7. The molecule has 0 aromatic heterocycles. The molecule has 0 N–H and O–H groups in total. The Bertz CT molecular complexity index is 767. The lowest BCUT2D eigenvalue weighted by molar-refractivity contribution is -0.133. The van der Waals surface area contributed by atoms with Gasteiger partial charge in [-0.05, 0) is 51.8 Å². The van der Waals surface area contributed by atoms with Gasteiger partial charge in [0.2, 0.25) is 0 Å². The molecule has 24 heavy (non-hydrogen) atoms. The molecule has 2 aromatic rings. The van der Waals surface area contributed by atoms with E-state index in [1.54, 1.807) is 12.1 Å². The summed E-state index contributed by atoms with van der Waals surface area (Å²) in [7, 11) is 1.51. The van der Waals surface area contributed by atoms with Gasteiger partial charge in [-0.15, -0.1) is 0 Å². The number of halogens is 3. The third kappa shape index (κ3) is 4.86. The highest BCUT2D eigenvalue weighted by molar-refractivity contribution is 9.10. The van der Waals surface area contributed by atoms with Crippen LogP contribution in [0.1, 0.15) is 15.9 Å². The van der Waals surface area contributed by atoms with Gasteiger partial charge in [0.1, 0.15) is 11.6 Å². The predicted octanol–water partition coefficient (Wildman–Crippen LogP) is 3.54. The zero-order valence-electron chi connectivity index (χ0n) is 12.8. The second-order valence-electron chi connectivity index (χ2n) is 5.08. The molecule has 4 nitrogen and oxygen atoms in total. The summed E-state index contributed by atoms with van der Waals surface area (Å²) in [5.41, 5.74) is 0.612. The van der Waals surface area contributed by atoms with Crippen LogP contribution in [0.4, 0.5) is 8.78 Å². The molecule has 0 spiro atoms. The molecule has 0 bridgehead atoms. The Morgan fingerprint density at radius 3 is 2.54 bits per heavy atom. The Morgan fingerprint density at radius 1 is 1.12 bits per heavy atom. The SMILES string of the molecule is CN(Cc1cccc(F)c1)C(=O)COC(=O)c1cc(F)ccc1Br. The number of carbonyl (C=O) groups excluding carboxylic acids is 2. The standard InChI is InChI=1S/C17H14BrF2NO3/c1-21(9-11-3-2-4-12(19)7-11)16(22)10-24-17(23)14-8-13(20)5-6-15(14)18/h2-8H,9-10H2,1H3. The normalized spacial score (nSPS) is 10.3. The molecule has 0 radical (unpaired) electrons. The number of carbonyl (C=O) groups is 2. The molecule has 0 saturated carbocycles. The Morgan fingerprint density at radius 2 is 1.83 bits per heavy atom. The van der Waals surface area contributed by atoms with Crippen LogP contribution in [-0.2, 0) is 16.1 Å². The maximum atomic E-state index is 13.2. The molecule has 2 rings (SSSR count). The summed E-state index contributed by atoms with van der Waals surface area (Å²) in [6, 6.07) is 9.45. The van der Waals surface area contributed by atoms with Crippen molar-refractivity contribution in [1.82, 2.24) is 4.90 Å². The first-order valence-corrected chi connectivity index (χ1v) is 7.76. The van der Waals surface area contributed by atoms with Gasteiger partial charge in [0, 0.05) is 18.1 Å². The molecule has 1 amide bonds. The molecule has 0 saturated heterocycles. The van der Waals surface area contributed by atoms with Gasteiger partial charge in [0.15, 0.2) is 6.61 Å². The fraction of sp³-hybridized carbons (Fsp3) is 0.176. The Hall–Kier alpha value is -2.28. The van der Waals surface area contributed by atoms with Gasteiger partial charge in [-0.3, -0.25) is 4.79 Å². The largest absolute Gasteiger partial charge is 0.452 e. The van der Waals surface area contributed by atoms with Crippen molar-refractivity contribution in [3.8, 4) is 0 Å². The second-order valence-corrected chi connectivity index (χ2v) is 5.93. The number of ether oxygens (including phenoxy) is 1. The Labute approximate surface area is 146 Å². The van der Waals surface area contributed by atoms with Gasteiger partial charge in [-0.2, -0.15) is 0 Å². The number of hydrogen-bond acceptors (Lipinski definition) is 3. The number of likely N-dealkylation sites (N-methyl/N-ethyl adjacent to an activating group) is 1. The van der Waals surface area contributed by atoms with Crippen LogP contribution in [0.5, 0.6) is 0 Å². The average molecular weight is 398 g/mol. The van der Waals surface area contributed by atoms with Crippen molar-refractivity contribution < 1.29 is 23.1 Å². The zero-order valence-corrected chi connectivity index (χ0v) is 14.3. The lowest BCUT2D eigenvalue weighted by Crippen LogP contribution is -2.30. The fourth-order valence-corrected chi connectivity index (χ4v) is 2.38. The van der Waals surface area contributed by atoms with Crippen LogP contribution in [-0.4, -0.2) is 30.4 Å². The van der Waals surface area contributed by atoms with E-state index in [0.717, 1.165) is 6.07 Å². The Balaban J connectivity index is 1.92. The maximum absolute atomic E-state index is 13.2. The van der Waals surface area contributed by atoms with Crippen molar-refractivity contribution in [3.05, 3.63) is 69.7 Å². The first kappa shape index (κ1) is 18.1. The topological polar surface area (TPSA) is 46.6 Å². The number of nitrogens with zero attached hydrogens (tertiary/aromatic N) is 1. The molecule has 2 aromatic carbocycles. The van der Waals surface area contributed by atoms with E-state index in [2.05, 4.69) is 15.9 Å². The van der Waals surface area contributed by atoms with Crippen molar-refractivity contribution in [2.24, 2.45) is 0 Å². The molecular formula is C17H14BrF2NO3. The highest BCUT2D eigenvalue weighted by Gasteiger charge is 2.16. The number of rotatable bonds is 5. The van der Waals surface area contributed by atoms with E-state index in [1.807, 2.05) is 0 Å². The van der Waals surface area contributed by atoms with E-state index < -0.39 is 30.1 Å². The van der Waals surface area contributed by atoms with Gasteiger partial charge in [0.05, 0.1) is 5.56 Å². The third-order valence-electron chi connectivity index (χ3n) is 3.21. The molecule has 0 atom stereocenters. The molecule has 0 unspecified atom stereocenters. The Kier molecular flexibility index (Phi) is 6.03. The third-order valence-corrected chi connectivity index (χ3v) is 3.90. The first-order valence-electron chi connectivity index (χ1n) is 6.97. The molecule has 126 valence electrons. The van der Waals surface area contributed by atoms with Crippen LogP contribution in [0.25, 0.3) is 0 Å². The summed E-state index contributed by atoms with van der Waals surface area (Å²) >= 11 is 3.12. The van der Waals surface area contributed by atoms with Gasteiger partial charge >= 0.3 is 5.97 Å². The molecule has 0 heterocycles. The van der Waals surface area contributed by atoms with E-state index in [0.29, 0.717) is 10.0 Å². The van der Waals surface area contributed by atoms with Crippen molar-refractivity contribution in [2.45, 2.75) is 6.54 Å². The summed E-state index contributed by atoms with van der Waals surface area (Å²) in [6.07, 6.45) is 0. The minimum absolute atomic E-state index is 0.00409. The van der Waals surface area contributed by atoms with Crippen LogP contribution in [0.3, 0.4) is 0 Å². The van der Waals surface area contributed by atoms with Crippen molar-refractivity contribution >= 4 is 27.8 Å². The molecule has 0 fully saturated rings. The second kappa shape index (κ2) is 8.01. The highest BCUT2D eigenvalue weighted by atomic mass is 79.9. The quantitative estimate of drug-likeness (QED) is 0.724. The van der Waals surface area contributed by atoms with Crippen LogP contribution in [0, 0.1) is 11.6 Å². The number of amides is 1. The van der Waals surface area contributed by atoms with Gasteiger partial charge in [-0.1, -0.05) is 12.1 Å². The van der Waals surface area contributed by atoms with Gasteiger partial charge in [0.25, 0.3) is 5.91 Å². The number of hydrogen-bond donors (Lipinski definition) is 0. The molecule has 0 aliphatic rings. The molecular weight excluding hydrogens is 384 g/mol. The minimum Gasteiger partial charge on any atom is -0.452 e. The monoisotopic (exact) mass is 397 g/mol. The minimum atomic E-state index is -0.811. The van der Waals surface area contributed by atoms with E-state index in [1.165, 1.54) is 36.2 Å². The van der Waals surface area contributed by atoms with Crippen molar-refractivity contribution in [2.75, 3.05) is 13.7 Å². The fourth-order valence-electron chi connectivity index (χ4n) is 1.97. The van der Waals surface area contributed by atoms with E-state index in [-0.39, 0.29) is 12.1 Å². The lowest BCUT2D eigenvalue weighted by Gasteiger charge is -2.17. The van der Waals surface area contributed by atoms with E-state index >= 15 is 0 Å². The molecule has 7 heteroatoms. The summed E-state index contributed by atoms with van der Waals surface area (Å²) < 4.78 is 31.6. The van der Waals surface area contributed by atoms with E-state index in [4.69, 9.17) is 4.74 Å². The summed E-state index contributed by atoms with van der Waals surface area (Å²) in [4.78, 5) is 25.2. The average Bonchev–Trinajstić information content (AvgIpc) is 2.54. The van der Waals surface area contributed by atoms with Gasteiger partial charge < -0.3 is 9.64 Å². The van der Waals surface area contributed by atoms with Gasteiger partial charge in [-0.25, -0.2) is 13.6 Å². The van der Waals surface area contributed by atoms with Crippen LogP contribution < -0.4 is 0 Å². The van der Waals surface area contributed by atoms with E-state index in [9.17, 15) is 18.4 Å². The lowest BCUT2D eigenvalue weighted by atomic mass is 10.2. The number of esters is 1. The predicted molar refractivity (Wildman–Crippen MR) is 87.3 cm³/mol. The summed E-state index contributed by atoms with van der Waals surface area (Å²) in [6.45, 7) is -0.314. The van der Waals surface area contributed by atoms with Crippen molar-refractivity contribution in [3.63, 3.8) is 0 Å². The van der Waals surface area contributed by atoms with Crippen molar-refractivity contribution in [1.29, 1.82) is 0 Å². The molecule has 0 aliphatic carbocycles. The number of benzene rings is 2. The smallest absolute Gasteiger partial charge is 0.339 e. The summed E-state index contributed by atoms with van der Waals surface area (Å²) in [5.74, 6) is -2.25. The highest BCUT2D eigenvalue weighted by Crippen LogP contribution is 2.18. The van der Waals surface area contributed by atoms with Crippen LogP contribution in [0.2, 0.25) is 0 Å². The summed E-state index contributed by atoms with van der Waals surface area (Å²) in [5, 5.41) is 0. The maximum Gasteiger partial charge on any atom is 0.339 e. The molecule has 0 aliphatic heterocycles. The van der Waals surface area contributed by atoms with Crippen LogP contribution in [0.15, 0.2) is 46.9 Å².